The number of benzene rings is 1. The lowest BCUT2D eigenvalue weighted by Gasteiger charge is -2.06. The second-order valence-corrected chi connectivity index (χ2v) is 6.76. The van der Waals surface area contributed by atoms with Crippen molar-refractivity contribution in [2.75, 3.05) is 6.54 Å². The van der Waals surface area contributed by atoms with Crippen LogP contribution in [0.2, 0.25) is 0 Å². The van der Waals surface area contributed by atoms with E-state index >= 15 is 0 Å². The van der Waals surface area contributed by atoms with Gasteiger partial charge in [-0.15, -0.1) is 5.10 Å². The monoisotopic (exact) mass is 342 g/mol. The van der Waals surface area contributed by atoms with Crippen molar-refractivity contribution in [3.05, 3.63) is 41.5 Å². The first kappa shape index (κ1) is 15.8. The Balaban J connectivity index is 1.70. The Morgan fingerprint density at radius 2 is 2.08 bits per heavy atom. The molecule has 3 aromatic rings. The largest absolute Gasteiger partial charge is 0.416 e. The number of carbonyl (C=O) groups is 1. The van der Waals surface area contributed by atoms with Gasteiger partial charge in [-0.05, 0) is 48.9 Å². The summed E-state index contributed by atoms with van der Waals surface area (Å²) in [5, 5.41) is 7.37. The summed E-state index contributed by atoms with van der Waals surface area (Å²) in [7, 11) is 0. The summed E-state index contributed by atoms with van der Waals surface area (Å²) in [6, 6.07) is 5.95. The molecule has 0 bridgehead atoms. The van der Waals surface area contributed by atoms with Crippen molar-refractivity contribution < 1.29 is 13.6 Å². The highest BCUT2D eigenvalue weighted by Gasteiger charge is 2.28. The highest BCUT2D eigenvalue weighted by Crippen LogP contribution is 2.29. The van der Waals surface area contributed by atoms with Gasteiger partial charge >= 0.3 is 5.84 Å². The molecule has 1 N–H and O–H groups in total. The predicted octanol–water partition coefficient (Wildman–Crippen LogP) is 3.39. The third-order valence-corrected chi connectivity index (χ3v) is 4.34. The number of nitrogens with zero attached hydrogens (tertiary/aromatic N) is 3. The van der Waals surface area contributed by atoms with Gasteiger partial charge in [0.25, 0.3) is 5.91 Å². The number of halogens is 1. The molecule has 4 rings (SSSR count). The fraction of sp³-hybridized carbons (Fsp3) is 0.389. The maximum absolute atomic E-state index is 13.1. The third kappa shape index (κ3) is 3.01. The zero-order valence-corrected chi connectivity index (χ0v) is 14.1. The number of hydrogen-bond acceptors (Lipinski definition) is 4. The normalized spacial score (nSPS) is 14.4. The van der Waals surface area contributed by atoms with Crippen LogP contribution in [0.25, 0.3) is 17.2 Å². The molecular weight excluding hydrogens is 323 g/mol. The molecule has 0 spiro atoms. The highest BCUT2D eigenvalue weighted by molar-refractivity contribution is 5.93. The van der Waals surface area contributed by atoms with Crippen molar-refractivity contribution in [1.29, 1.82) is 0 Å². The molecule has 0 radical (unpaired) electrons. The molecule has 25 heavy (non-hydrogen) atoms. The van der Waals surface area contributed by atoms with Crippen LogP contribution < -0.4 is 5.32 Å². The van der Waals surface area contributed by atoms with E-state index in [2.05, 4.69) is 15.4 Å². The molecule has 2 aromatic heterocycles. The van der Waals surface area contributed by atoms with Crippen LogP contribution in [0.4, 0.5) is 4.39 Å². The minimum absolute atomic E-state index is 0.0330. The summed E-state index contributed by atoms with van der Waals surface area (Å²) in [6.45, 7) is 4.62. The van der Waals surface area contributed by atoms with E-state index in [1.54, 1.807) is 16.6 Å². The molecule has 130 valence electrons. The van der Waals surface area contributed by atoms with Crippen molar-refractivity contribution in [3.63, 3.8) is 0 Å². The van der Waals surface area contributed by atoms with E-state index in [0.29, 0.717) is 29.5 Å². The van der Waals surface area contributed by atoms with Crippen molar-refractivity contribution >= 4 is 11.8 Å². The van der Waals surface area contributed by atoms with Gasteiger partial charge in [0.15, 0.2) is 5.82 Å². The summed E-state index contributed by atoms with van der Waals surface area (Å²) in [5.41, 5.74) is 1.37. The van der Waals surface area contributed by atoms with Gasteiger partial charge in [-0.2, -0.15) is 9.50 Å². The zero-order chi connectivity index (χ0) is 17.6. The van der Waals surface area contributed by atoms with E-state index in [9.17, 15) is 9.18 Å². The number of amides is 1. The van der Waals surface area contributed by atoms with Crippen molar-refractivity contribution in [1.82, 2.24) is 19.9 Å². The highest BCUT2D eigenvalue weighted by atomic mass is 19.1. The van der Waals surface area contributed by atoms with Gasteiger partial charge in [0.2, 0.25) is 5.76 Å². The van der Waals surface area contributed by atoms with Gasteiger partial charge in [-0.1, -0.05) is 13.8 Å². The Labute approximate surface area is 144 Å². The van der Waals surface area contributed by atoms with E-state index < -0.39 is 0 Å². The van der Waals surface area contributed by atoms with E-state index in [4.69, 9.17) is 4.42 Å². The maximum atomic E-state index is 13.1. The van der Waals surface area contributed by atoms with Crippen LogP contribution in [0.3, 0.4) is 0 Å². The summed E-state index contributed by atoms with van der Waals surface area (Å²) in [6.07, 6.45) is 2.34. The summed E-state index contributed by atoms with van der Waals surface area (Å²) in [4.78, 5) is 16.8. The topological polar surface area (TPSA) is 72.4 Å². The molecule has 1 aliphatic carbocycles. The average Bonchev–Trinajstić information content (AvgIpc) is 3.21. The van der Waals surface area contributed by atoms with Crippen LogP contribution in [-0.2, 0) is 0 Å². The van der Waals surface area contributed by atoms with Crippen LogP contribution >= 0.6 is 0 Å². The smallest absolute Gasteiger partial charge is 0.325 e. The first-order chi connectivity index (χ1) is 12.0. The molecule has 1 aliphatic rings. The second-order valence-electron chi connectivity index (χ2n) is 6.76. The summed E-state index contributed by atoms with van der Waals surface area (Å²) < 4.78 is 20.4. The fourth-order valence-corrected chi connectivity index (χ4v) is 2.79. The lowest BCUT2D eigenvalue weighted by Crippen LogP contribution is -2.26. The molecule has 0 aliphatic heterocycles. The van der Waals surface area contributed by atoms with Crippen molar-refractivity contribution in [2.24, 2.45) is 5.92 Å². The van der Waals surface area contributed by atoms with Crippen LogP contribution in [0.1, 0.15) is 48.9 Å². The van der Waals surface area contributed by atoms with E-state index in [1.807, 2.05) is 13.8 Å². The number of carbonyl (C=O) groups excluding carboxylic acids is 1. The Bertz CT molecular complexity index is 923. The molecule has 1 saturated carbocycles. The first-order valence-corrected chi connectivity index (χ1v) is 8.46. The van der Waals surface area contributed by atoms with Crippen LogP contribution in [0.5, 0.6) is 0 Å². The number of rotatable bonds is 5. The van der Waals surface area contributed by atoms with Crippen LogP contribution in [-0.4, -0.2) is 27.0 Å². The Kier molecular flexibility index (Phi) is 3.78. The number of fused-ring (bicyclic) bond motifs is 1. The standard InChI is InChI=1S/C18H19FN4O2/c1-10(2)14-15(17(24)20-9-11-3-4-11)25-18-21-16(22-23(14)18)12-5-7-13(19)8-6-12/h5-8,10-11H,3-4,9H2,1-2H3,(H,20,24). The average molecular weight is 342 g/mol. The maximum Gasteiger partial charge on any atom is 0.325 e. The van der Waals surface area contributed by atoms with Gasteiger partial charge in [-0.25, -0.2) is 4.39 Å². The lowest BCUT2D eigenvalue weighted by atomic mass is 10.1. The lowest BCUT2D eigenvalue weighted by molar-refractivity contribution is 0.0924. The summed E-state index contributed by atoms with van der Waals surface area (Å²) in [5.74, 6) is 1.04. The minimum atomic E-state index is -0.316. The zero-order valence-electron chi connectivity index (χ0n) is 14.1. The molecule has 0 atom stereocenters. The molecule has 0 unspecified atom stereocenters. The van der Waals surface area contributed by atoms with Crippen molar-refractivity contribution in [3.8, 4) is 11.4 Å². The SMILES string of the molecule is CC(C)c1c(C(=O)NCC2CC2)oc2nc(-c3ccc(F)cc3)nn12. The molecular formula is C18H19FN4O2. The molecule has 6 nitrogen and oxygen atoms in total. The Hall–Kier alpha value is -2.70. The van der Waals surface area contributed by atoms with Crippen molar-refractivity contribution in [2.45, 2.75) is 32.6 Å². The predicted molar refractivity (Wildman–Crippen MR) is 89.8 cm³/mol. The fourth-order valence-electron chi connectivity index (χ4n) is 2.79. The number of oxazole rings is 1. The molecule has 0 saturated heterocycles. The molecule has 1 aromatic carbocycles. The van der Waals surface area contributed by atoms with Crippen LogP contribution in [0.15, 0.2) is 28.7 Å². The van der Waals surface area contributed by atoms with Gasteiger partial charge in [0.1, 0.15) is 5.82 Å². The molecule has 1 amide bonds. The third-order valence-electron chi connectivity index (χ3n) is 4.34. The summed E-state index contributed by atoms with van der Waals surface area (Å²) >= 11 is 0. The molecule has 7 heteroatoms. The van der Waals surface area contributed by atoms with Gasteiger partial charge in [0, 0.05) is 12.1 Å². The first-order valence-electron chi connectivity index (χ1n) is 8.46. The Morgan fingerprint density at radius 1 is 1.36 bits per heavy atom. The van der Waals surface area contributed by atoms with Gasteiger partial charge in [-0.3, -0.25) is 4.79 Å². The number of nitrogens with one attached hydrogen (secondary N) is 1. The van der Waals surface area contributed by atoms with E-state index in [-0.39, 0.29) is 29.2 Å². The minimum Gasteiger partial charge on any atom is -0.416 e. The van der Waals surface area contributed by atoms with Crippen LogP contribution in [0, 0.1) is 11.7 Å². The van der Waals surface area contributed by atoms with Gasteiger partial charge < -0.3 is 9.73 Å². The van der Waals surface area contributed by atoms with E-state index in [0.717, 1.165) is 0 Å². The second kappa shape index (κ2) is 5.98. The van der Waals surface area contributed by atoms with Gasteiger partial charge in [0.05, 0.1) is 5.69 Å². The quantitative estimate of drug-likeness (QED) is 0.771. The number of aromatic nitrogens is 3. The molecule has 2 heterocycles. The number of hydrogen-bond donors (Lipinski definition) is 1. The Morgan fingerprint density at radius 3 is 2.72 bits per heavy atom. The van der Waals surface area contributed by atoms with E-state index in [1.165, 1.54) is 25.0 Å². The molecule has 1 fully saturated rings.